The first-order chi connectivity index (χ1) is 15.1. The van der Waals surface area contributed by atoms with Gasteiger partial charge in [-0.05, 0) is 81.4 Å². The van der Waals surface area contributed by atoms with Gasteiger partial charge in [-0.2, -0.15) is 0 Å². The Hall–Kier alpha value is -2.01. The standard InChI is InChI=1S/C26H35N3O2/c1-18-11-22-23(3-2-4-24(22)31-18)29-9-7-28(8-10-29)6-5-27-25(30)26-15-19-12-20(16-26)14-21(13-19)17-26/h2-4,11,19-21H,5-10,12-17H2,1H3,(H,27,30). The smallest absolute Gasteiger partial charge is 0.226 e. The summed E-state index contributed by atoms with van der Waals surface area (Å²) < 4.78 is 5.81. The number of nitrogens with zero attached hydrogens (tertiary/aromatic N) is 2. The third kappa shape index (κ3) is 3.55. The van der Waals surface area contributed by atoms with Crippen LogP contribution in [0.3, 0.4) is 0 Å². The Morgan fingerprint density at radius 3 is 2.42 bits per heavy atom. The van der Waals surface area contributed by atoms with E-state index >= 15 is 0 Å². The molecule has 1 aromatic carbocycles. The fourth-order valence-electron chi connectivity index (χ4n) is 7.56. The van der Waals surface area contributed by atoms with Crippen LogP contribution in [-0.4, -0.2) is 50.1 Å². The Kier molecular flexibility index (Phi) is 4.78. The third-order valence-electron chi connectivity index (χ3n) is 8.61. The van der Waals surface area contributed by atoms with Crippen LogP contribution in [0, 0.1) is 30.1 Å². The highest BCUT2D eigenvalue weighted by Gasteiger charge is 2.54. The van der Waals surface area contributed by atoms with Gasteiger partial charge in [0.25, 0.3) is 0 Å². The number of anilines is 1. The molecule has 2 heterocycles. The number of aryl methyl sites for hydroxylation is 1. The molecule has 1 aromatic heterocycles. The van der Waals surface area contributed by atoms with Gasteiger partial charge in [-0.3, -0.25) is 9.69 Å². The molecule has 1 aliphatic heterocycles. The maximum absolute atomic E-state index is 13.2. The molecule has 0 radical (unpaired) electrons. The summed E-state index contributed by atoms with van der Waals surface area (Å²) in [5.41, 5.74) is 2.24. The van der Waals surface area contributed by atoms with Crippen molar-refractivity contribution in [2.45, 2.75) is 45.4 Å². The molecule has 4 bridgehead atoms. The maximum Gasteiger partial charge on any atom is 0.226 e. The Labute approximate surface area is 185 Å². The molecule has 5 nitrogen and oxygen atoms in total. The normalized spacial score (nSPS) is 32.7. The van der Waals surface area contributed by atoms with E-state index in [0.717, 1.165) is 87.6 Å². The van der Waals surface area contributed by atoms with Crippen molar-refractivity contribution in [3.05, 3.63) is 30.0 Å². The number of nitrogens with one attached hydrogen (secondary N) is 1. The first kappa shape index (κ1) is 19.7. The number of hydrogen-bond donors (Lipinski definition) is 1. The highest BCUT2D eigenvalue weighted by molar-refractivity contribution is 5.91. The average molecular weight is 422 g/mol. The molecule has 1 amide bonds. The predicted octanol–water partition coefficient (Wildman–Crippen LogP) is 4.20. The number of fused-ring (bicyclic) bond motifs is 1. The Morgan fingerprint density at radius 1 is 1.06 bits per heavy atom. The average Bonchev–Trinajstić information content (AvgIpc) is 3.13. The zero-order valence-electron chi connectivity index (χ0n) is 18.7. The van der Waals surface area contributed by atoms with Crippen LogP contribution in [0.15, 0.2) is 28.7 Å². The molecule has 4 saturated carbocycles. The topological polar surface area (TPSA) is 48.7 Å². The molecule has 2 aromatic rings. The number of piperazine rings is 1. The van der Waals surface area contributed by atoms with Gasteiger partial charge in [0.05, 0.1) is 0 Å². The number of rotatable bonds is 5. The molecule has 31 heavy (non-hydrogen) atoms. The minimum Gasteiger partial charge on any atom is -0.461 e. The van der Waals surface area contributed by atoms with E-state index in [9.17, 15) is 4.79 Å². The first-order valence-corrected chi connectivity index (χ1v) is 12.3. The van der Waals surface area contributed by atoms with Crippen molar-refractivity contribution in [3.63, 3.8) is 0 Å². The van der Waals surface area contributed by atoms with Crippen molar-refractivity contribution < 1.29 is 9.21 Å². The molecule has 1 saturated heterocycles. The molecule has 4 aliphatic carbocycles. The van der Waals surface area contributed by atoms with Crippen molar-refractivity contribution in [3.8, 4) is 0 Å². The highest BCUT2D eigenvalue weighted by Crippen LogP contribution is 2.60. The summed E-state index contributed by atoms with van der Waals surface area (Å²) in [4.78, 5) is 18.1. The Morgan fingerprint density at radius 2 is 1.74 bits per heavy atom. The van der Waals surface area contributed by atoms with Gasteiger partial charge in [0.1, 0.15) is 11.3 Å². The Bertz CT molecular complexity index is 937. The molecule has 0 atom stereocenters. The zero-order chi connectivity index (χ0) is 21.0. The summed E-state index contributed by atoms with van der Waals surface area (Å²) in [5, 5.41) is 4.57. The number of amides is 1. The van der Waals surface area contributed by atoms with Crippen molar-refractivity contribution in [2.24, 2.45) is 23.2 Å². The minimum absolute atomic E-state index is 0.0190. The number of furan rings is 1. The first-order valence-electron chi connectivity index (χ1n) is 12.3. The van der Waals surface area contributed by atoms with Crippen LogP contribution in [0.25, 0.3) is 11.0 Å². The monoisotopic (exact) mass is 421 g/mol. The Balaban J connectivity index is 1.01. The fourth-order valence-corrected chi connectivity index (χ4v) is 7.56. The second-order valence-electron chi connectivity index (χ2n) is 10.8. The summed E-state index contributed by atoms with van der Waals surface area (Å²) in [6.45, 7) is 7.89. The van der Waals surface area contributed by atoms with E-state index in [4.69, 9.17) is 4.42 Å². The van der Waals surface area contributed by atoms with Crippen LogP contribution in [-0.2, 0) is 4.79 Å². The largest absolute Gasteiger partial charge is 0.461 e. The summed E-state index contributed by atoms with van der Waals surface area (Å²) >= 11 is 0. The van der Waals surface area contributed by atoms with E-state index in [-0.39, 0.29) is 5.41 Å². The van der Waals surface area contributed by atoms with Crippen LogP contribution >= 0.6 is 0 Å². The lowest BCUT2D eigenvalue weighted by molar-refractivity contribution is -0.146. The van der Waals surface area contributed by atoms with E-state index in [1.165, 1.54) is 30.3 Å². The van der Waals surface area contributed by atoms with Gasteiger partial charge in [0.2, 0.25) is 5.91 Å². The van der Waals surface area contributed by atoms with Crippen LogP contribution in [0.5, 0.6) is 0 Å². The van der Waals surface area contributed by atoms with Crippen LogP contribution in [0.1, 0.15) is 44.3 Å². The summed E-state index contributed by atoms with van der Waals surface area (Å²) in [6, 6.07) is 8.50. The van der Waals surface area contributed by atoms with E-state index in [0.29, 0.717) is 5.91 Å². The number of carbonyl (C=O) groups excluding carboxylic acids is 1. The number of carbonyl (C=O) groups is 1. The molecule has 5 fully saturated rings. The maximum atomic E-state index is 13.2. The number of hydrogen-bond acceptors (Lipinski definition) is 4. The second-order valence-corrected chi connectivity index (χ2v) is 10.8. The zero-order valence-corrected chi connectivity index (χ0v) is 18.7. The van der Waals surface area contributed by atoms with Crippen molar-refractivity contribution in [1.29, 1.82) is 0 Å². The lowest BCUT2D eigenvalue weighted by Gasteiger charge is -2.55. The van der Waals surface area contributed by atoms with Gasteiger partial charge in [-0.1, -0.05) is 6.07 Å². The van der Waals surface area contributed by atoms with Gasteiger partial charge >= 0.3 is 0 Å². The summed E-state index contributed by atoms with van der Waals surface area (Å²) in [5.74, 6) is 3.82. The van der Waals surface area contributed by atoms with Gasteiger partial charge in [0.15, 0.2) is 0 Å². The lowest BCUT2D eigenvalue weighted by atomic mass is 9.49. The van der Waals surface area contributed by atoms with Crippen LogP contribution in [0.4, 0.5) is 5.69 Å². The SMILES string of the molecule is Cc1cc2c(N3CCN(CCNC(=O)C45CC6CC(CC(C6)C4)C5)CC3)cccc2o1. The predicted molar refractivity (Wildman–Crippen MR) is 123 cm³/mol. The molecule has 166 valence electrons. The van der Waals surface area contributed by atoms with Gasteiger partial charge in [-0.25, -0.2) is 0 Å². The highest BCUT2D eigenvalue weighted by atomic mass is 16.3. The van der Waals surface area contributed by atoms with Gasteiger partial charge in [0, 0.05) is 55.8 Å². The molecular weight excluding hydrogens is 386 g/mol. The second kappa shape index (κ2) is 7.54. The molecule has 5 heteroatoms. The van der Waals surface area contributed by atoms with E-state index in [1.54, 1.807) is 0 Å². The summed E-state index contributed by atoms with van der Waals surface area (Å²) in [7, 11) is 0. The molecular formula is C26H35N3O2. The molecule has 1 N–H and O–H groups in total. The quantitative estimate of drug-likeness (QED) is 0.786. The van der Waals surface area contributed by atoms with E-state index in [1.807, 2.05) is 6.92 Å². The van der Waals surface area contributed by atoms with E-state index < -0.39 is 0 Å². The van der Waals surface area contributed by atoms with Gasteiger partial charge < -0.3 is 14.6 Å². The molecule has 0 unspecified atom stereocenters. The third-order valence-corrected chi connectivity index (χ3v) is 8.61. The minimum atomic E-state index is -0.0190. The van der Waals surface area contributed by atoms with Crippen molar-refractivity contribution >= 4 is 22.6 Å². The van der Waals surface area contributed by atoms with Crippen LogP contribution < -0.4 is 10.2 Å². The van der Waals surface area contributed by atoms with E-state index in [2.05, 4.69) is 39.4 Å². The van der Waals surface area contributed by atoms with Crippen LogP contribution in [0.2, 0.25) is 0 Å². The lowest BCUT2D eigenvalue weighted by Crippen LogP contribution is -2.54. The van der Waals surface area contributed by atoms with Crippen molar-refractivity contribution in [2.75, 3.05) is 44.2 Å². The molecule has 0 spiro atoms. The number of benzene rings is 1. The van der Waals surface area contributed by atoms with Crippen molar-refractivity contribution in [1.82, 2.24) is 10.2 Å². The molecule has 7 rings (SSSR count). The molecule has 5 aliphatic rings. The summed E-state index contributed by atoms with van der Waals surface area (Å²) in [6.07, 6.45) is 7.64. The fraction of sp³-hybridized carbons (Fsp3) is 0.654. The van der Waals surface area contributed by atoms with Gasteiger partial charge in [-0.15, -0.1) is 0 Å².